The number of nitrogens with zero attached hydrogens (tertiary/aromatic N) is 1. The largest absolute Gasteiger partial charge is 0.320 e. The van der Waals surface area contributed by atoms with E-state index in [2.05, 4.69) is 0 Å². The van der Waals surface area contributed by atoms with Crippen molar-refractivity contribution in [3.8, 4) is 0 Å². The Balaban J connectivity index is 1.93. The molecule has 1 aromatic heterocycles. The lowest BCUT2D eigenvalue weighted by Gasteiger charge is -2.24. The van der Waals surface area contributed by atoms with Gasteiger partial charge < -0.3 is 4.90 Å². The zero-order valence-electron chi connectivity index (χ0n) is 10.4. The Morgan fingerprint density at radius 1 is 1.20 bits per heavy atom. The summed E-state index contributed by atoms with van der Waals surface area (Å²) in [5.74, 6) is -1.04. The van der Waals surface area contributed by atoms with Crippen molar-refractivity contribution in [3.05, 3.63) is 57.8 Å². The van der Waals surface area contributed by atoms with Crippen molar-refractivity contribution in [2.75, 3.05) is 5.75 Å². The van der Waals surface area contributed by atoms with E-state index in [1.807, 2.05) is 17.5 Å². The minimum absolute atomic E-state index is 0.0279. The summed E-state index contributed by atoms with van der Waals surface area (Å²) < 4.78 is 27.8. The van der Waals surface area contributed by atoms with Crippen molar-refractivity contribution in [1.82, 2.24) is 4.90 Å². The zero-order valence-corrected chi connectivity index (χ0v) is 12.0. The molecule has 0 spiro atoms. The Labute approximate surface area is 123 Å². The second-order valence-electron chi connectivity index (χ2n) is 4.40. The second-order valence-corrected chi connectivity index (χ2v) is 6.50. The van der Waals surface area contributed by atoms with E-state index in [-0.39, 0.29) is 17.2 Å². The fourth-order valence-corrected chi connectivity index (χ4v) is 4.11. The molecule has 1 amide bonds. The first kappa shape index (κ1) is 13.6. The van der Waals surface area contributed by atoms with Gasteiger partial charge in [-0.2, -0.15) is 0 Å². The molecular formula is C14H11F2NOS2. The molecule has 1 atom stereocenters. The van der Waals surface area contributed by atoms with Crippen molar-refractivity contribution in [2.45, 2.75) is 11.9 Å². The molecule has 1 fully saturated rings. The number of carbonyl (C=O) groups is 1. The summed E-state index contributed by atoms with van der Waals surface area (Å²) in [6.45, 7) is 0.391. The Morgan fingerprint density at radius 3 is 2.60 bits per heavy atom. The lowest BCUT2D eigenvalue weighted by molar-refractivity contribution is -0.128. The molecule has 1 aliphatic heterocycles. The standard InChI is InChI=1S/C14H11F2NOS2/c15-10-4-1-5-11(16)13(10)14-17(12(18)8-20-14)7-9-3-2-6-19-9/h1-6,14H,7-8H2. The van der Waals surface area contributed by atoms with Gasteiger partial charge >= 0.3 is 0 Å². The van der Waals surface area contributed by atoms with E-state index in [1.54, 1.807) is 0 Å². The summed E-state index contributed by atoms with van der Waals surface area (Å²) in [6.07, 6.45) is 0. The molecule has 3 rings (SSSR count). The van der Waals surface area contributed by atoms with Crippen molar-refractivity contribution < 1.29 is 13.6 Å². The molecule has 0 radical (unpaired) electrons. The van der Waals surface area contributed by atoms with Crippen LogP contribution in [-0.4, -0.2) is 16.6 Å². The molecule has 0 aliphatic carbocycles. The van der Waals surface area contributed by atoms with Gasteiger partial charge in [0, 0.05) is 4.88 Å². The zero-order chi connectivity index (χ0) is 14.1. The Hall–Kier alpha value is -1.40. The summed E-state index contributed by atoms with van der Waals surface area (Å²) in [7, 11) is 0. The molecule has 0 bridgehead atoms. The highest BCUT2D eigenvalue weighted by Crippen LogP contribution is 2.41. The van der Waals surface area contributed by atoms with Gasteiger partial charge in [0.2, 0.25) is 5.91 Å². The van der Waals surface area contributed by atoms with Gasteiger partial charge in [-0.3, -0.25) is 4.79 Å². The molecule has 0 N–H and O–H groups in total. The third kappa shape index (κ3) is 2.45. The van der Waals surface area contributed by atoms with E-state index >= 15 is 0 Å². The van der Waals surface area contributed by atoms with Crippen LogP contribution in [0.5, 0.6) is 0 Å². The normalized spacial score (nSPS) is 18.8. The first-order valence-corrected chi connectivity index (χ1v) is 7.97. The Bertz CT molecular complexity index is 610. The summed E-state index contributed by atoms with van der Waals surface area (Å²) in [5.41, 5.74) is -0.0279. The van der Waals surface area contributed by atoms with Gasteiger partial charge in [0.1, 0.15) is 17.0 Å². The van der Waals surface area contributed by atoms with Crippen molar-refractivity contribution in [2.24, 2.45) is 0 Å². The molecule has 104 valence electrons. The van der Waals surface area contributed by atoms with Gasteiger partial charge in [-0.1, -0.05) is 12.1 Å². The van der Waals surface area contributed by atoms with Gasteiger partial charge in [0.05, 0.1) is 17.9 Å². The highest BCUT2D eigenvalue weighted by atomic mass is 32.2. The molecule has 0 saturated carbocycles. The predicted octanol–water partition coefficient (Wildman–Crippen LogP) is 3.80. The van der Waals surface area contributed by atoms with Crippen molar-refractivity contribution >= 4 is 29.0 Å². The lowest BCUT2D eigenvalue weighted by Crippen LogP contribution is -2.28. The fraction of sp³-hybridized carbons (Fsp3) is 0.214. The summed E-state index contributed by atoms with van der Waals surface area (Å²) in [4.78, 5) is 14.5. The molecule has 2 heterocycles. The quantitative estimate of drug-likeness (QED) is 0.859. The predicted molar refractivity (Wildman–Crippen MR) is 76.4 cm³/mol. The maximum Gasteiger partial charge on any atom is 0.234 e. The first-order chi connectivity index (χ1) is 9.66. The number of carbonyl (C=O) groups excluding carboxylic acids is 1. The van der Waals surface area contributed by atoms with Crippen LogP contribution in [-0.2, 0) is 11.3 Å². The van der Waals surface area contributed by atoms with E-state index < -0.39 is 17.0 Å². The molecule has 1 unspecified atom stereocenters. The van der Waals surface area contributed by atoms with Crippen molar-refractivity contribution in [3.63, 3.8) is 0 Å². The third-order valence-electron chi connectivity index (χ3n) is 3.12. The van der Waals surface area contributed by atoms with Crippen LogP contribution in [0.4, 0.5) is 8.78 Å². The summed E-state index contributed by atoms with van der Waals surface area (Å²) in [6, 6.07) is 7.59. The van der Waals surface area contributed by atoms with Gasteiger partial charge in [0.15, 0.2) is 0 Å². The number of hydrogen-bond donors (Lipinski definition) is 0. The highest BCUT2D eigenvalue weighted by molar-refractivity contribution is 8.00. The number of thiophene rings is 1. The summed E-state index contributed by atoms with van der Waals surface area (Å²) >= 11 is 2.79. The smallest absolute Gasteiger partial charge is 0.234 e. The van der Waals surface area contributed by atoms with Crippen LogP contribution in [0.2, 0.25) is 0 Å². The van der Waals surface area contributed by atoms with Crippen LogP contribution < -0.4 is 0 Å². The SMILES string of the molecule is O=C1CSC(c2c(F)cccc2F)N1Cc1cccs1. The van der Waals surface area contributed by atoms with Crippen LogP contribution in [0.15, 0.2) is 35.7 Å². The van der Waals surface area contributed by atoms with Crippen LogP contribution in [0.3, 0.4) is 0 Å². The number of hydrogen-bond acceptors (Lipinski definition) is 3. The maximum atomic E-state index is 13.9. The average molecular weight is 311 g/mol. The molecule has 2 aromatic rings. The molecule has 2 nitrogen and oxygen atoms in total. The van der Waals surface area contributed by atoms with E-state index in [4.69, 9.17) is 0 Å². The number of benzene rings is 1. The molecule has 6 heteroatoms. The molecule has 1 aromatic carbocycles. The van der Waals surface area contributed by atoms with Gasteiger partial charge in [-0.25, -0.2) is 8.78 Å². The minimum Gasteiger partial charge on any atom is -0.320 e. The molecule has 1 aliphatic rings. The van der Waals surface area contributed by atoms with E-state index in [0.29, 0.717) is 6.54 Å². The van der Waals surface area contributed by atoms with E-state index in [9.17, 15) is 13.6 Å². The van der Waals surface area contributed by atoms with Crippen LogP contribution in [0, 0.1) is 11.6 Å². The fourth-order valence-electron chi connectivity index (χ4n) is 2.18. The van der Waals surface area contributed by atoms with E-state index in [0.717, 1.165) is 4.88 Å². The van der Waals surface area contributed by atoms with Crippen LogP contribution in [0.25, 0.3) is 0 Å². The second kappa shape index (κ2) is 5.54. The molecule has 1 saturated heterocycles. The number of rotatable bonds is 3. The number of halogens is 2. The Kier molecular flexibility index (Phi) is 3.76. The maximum absolute atomic E-state index is 13.9. The van der Waals surface area contributed by atoms with Crippen molar-refractivity contribution in [1.29, 1.82) is 0 Å². The average Bonchev–Trinajstić information content (AvgIpc) is 3.03. The molecule has 20 heavy (non-hydrogen) atoms. The topological polar surface area (TPSA) is 20.3 Å². The first-order valence-electron chi connectivity index (χ1n) is 6.04. The van der Waals surface area contributed by atoms with E-state index in [1.165, 1.54) is 46.2 Å². The molecular weight excluding hydrogens is 300 g/mol. The number of thioether (sulfide) groups is 1. The third-order valence-corrected chi connectivity index (χ3v) is 5.20. The van der Waals surface area contributed by atoms with Crippen LogP contribution in [0.1, 0.15) is 15.8 Å². The van der Waals surface area contributed by atoms with Gasteiger partial charge in [0.25, 0.3) is 0 Å². The van der Waals surface area contributed by atoms with Gasteiger partial charge in [-0.05, 0) is 23.6 Å². The Morgan fingerprint density at radius 2 is 1.95 bits per heavy atom. The minimum atomic E-state index is -0.603. The highest BCUT2D eigenvalue weighted by Gasteiger charge is 2.36. The van der Waals surface area contributed by atoms with Crippen LogP contribution >= 0.6 is 23.1 Å². The monoisotopic (exact) mass is 311 g/mol. The summed E-state index contributed by atoms with van der Waals surface area (Å²) in [5, 5.41) is 1.33. The number of amides is 1. The van der Waals surface area contributed by atoms with Gasteiger partial charge in [-0.15, -0.1) is 23.1 Å². The lowest BCUT2D eigenvalue weighted by atomic mass is 10.1.